The predicted molar refractivity (Wildman–Crippen MR) is 78.7 cm³/mol. The molecule has 3 rings (SSSR count). The SMILES string of the molecule is C[C@H](NCc1nc(-c2ccco2)no1)c1c(F)cccc1Cl. The fraction of sp³-hybridized carbons (Fsp3) is 0.200. The Morgan fingerprint density at radius 1 is 1.32 bits per heavy atom. The topological polar surface area (TPSA) is 64.1 Å². The molecular formula is C15H13ClFN3O2. The van der Waals surface area contributed by atoms with Gasteiger partial charge in [-0.25, -0.2) is 4.39 Å². The van der Waals surface area contributed by atoms with Crippen molar-refractivity contribution < 1.29 is 13.3 Å². The molecule has 3 aromatic rings. The quantitative estimate of drug-likeness (QED) is 0.770. The Balaban J connectivity index is 1.68. The van der Waals surface area contributed by atoms with E-state index in [1.165, 1.54) is 12.3 Å². The van der Waals surface area contributed by atoms with Crippen LogP contribution in [0.15, 0.2) is 45.5 Å². The zero-order chi connectivity index (χ0) is 15.5. The van der Waals surface area contributed by atoms with Crippen molar-refractivity contribution in [3.63, 3.8) is 0 Å². The minimum absolute atomic E-state index is 0.291. The van der Waals surface area contributed by atoms with Crippen molar-refractivity contribution in [3.8, 4) is 11.6 Å². The first-order valence-electron chi connectivity index (χ1n) is 6.69. The first-order valence-corrected chi connectivity index (χ1v) is 7.06. The van der Waals surface area contributed by atoms with Gasteiger partial charge < -0.3 is 14.3 Å². The summed E-state index contributed by atoms with van der Waals surface area (Å²) in [6, 6.07) is 7.78. The van der Waals surface area contributed by atoms with E-state index in [9.17, 15) is 4.39 Å². The highest BCUT2D eigenvalue weighted by Gasteiger charge is 2.16. The van der Waals surface area contributed by atoms with Crippen LogP contribution in [0, 0.1) is 5.82 Å². The molecule has 1 N–H and O–H groups in total. The highest BCUT2D eigenvalue weighted by molar-refractivity contribution is 6.31. The first-order chi connectivity index (χ1) is 10.6. The minimum atomic E-state index is -0.352. The molecule has 0 aliphatic heterocycles. The maximum Gasteiger partial charge on any atom is 0.241 e. The van der Waals surface area contributed by atoms with Crippen LogP contribution in [0.4, 0.5) is 4.39 Å². The van der Waals surface area contributed by atoms with Gasteiger partial charge in [0.25, 0.3) is 0 Å². The number of nitrogens with one attached hydrogen (secondary N) is 1. The summed E-state index contributed by atoms with van der Waals surface area (Å²) in [6.45, 7) is 2.10. The Morgan fingerprint density at radius 3 is 2.91 bits per heavy atom. The van der Waals surface area contributed by atoms with E-state index < -0.39 is 0 Å². The summed E-state index contributed by atoms with van der Waals surface area (Å²) in [6.07, 6.45) is 1.53. The van der Waals surface area contributed by atoms with Gasteiger partial charge in [-0.3, -0.25) is 0 Å². The van der Waals surface area contributed by atoms with Gasteiger partial charge in [-0.2, -0.15) is 4.98 Å². The molecule has 0 aliphatic rings. The smallest absolute Gasteiger partial charge is 0.241 e. The van der Waals surface area contributed by atoms with Crippen molar-refractivity contribution in [2.75, 3.05) is 0 Å². The standard InChI is InChI=1S/C15H13ClFN3O2/c1-9(14-10(16)4-2-5-11(14)17)18-8-13-19-15(20-22-13)12-6-3-7-21-12/h2-7,9,18H,8H2,1H3/t9-/m0/s1. The number of benzene rings is 1. The van der Waals surface area contributed by atoms with E-state index in [-0.39, 0.29) is 11.9 Å². The van der Waals surface area contributed by atoms with E-state index in [0.717, 1.165) is 0 Å². The van der Waals surface area contributed by atoms with Crippen molar-refractivity contribution >= 4 is 11.6 Å². The summed E-state index contributed by atoms with van der Waals surface area (Å²) >= 11 is 6.03. The van der Waals surface area contributed by atoms with Crippen molar-refractivity contribution in [2.24, 2.45) is 0 Å². The fourth-order valence-electron chi connectivity index (χ4n) is 2.10. The van der Waals surface area contributed by atoms with Gasteiger partial charge in [-0.1, -0.05) is 22.8 Å². The number of rotatable bonds is 5. The van der Waals surface area contributed by atoms with Gasteiger partial charge in [-0.15, -0.1) is 0 Å². The normalized spacial score (nSPS) is 12.5. The molecule has 0 unspecified atom stereocenters. The van der Waals surface area contributed by atoms with Crippen LogP contribution in [0.25, 0.3) is 11.6 Å². The molecule has 2 heterocycles. The van der Waals surface area contributed by atoms with E-state index >= 15 is 0 Å². The van der Waals surface area contributed by atoms with Crippen LogP contribution in [0.5, 0.6) is 0 Å². The monoisotopic (exact) mass is 321 g/mol. The lowest BCUT2D eigenvalue weighted by Crippen LogP contribution is -2.19. The van der Waals surface area contributed by atoms with Crippen LogP contribution >= 0.6 is 11.6 Å². The number of hydrogen-bond donors (Lipinski definition) is 1. The van der Waals surface area contributed by atoms with Gasteiger partial charge in [0.15, 0.2) is 5.76 Å². The van der Waals surface area contributed by atoms with Crippen LogP contribution in [-0.2, 0) is 6.54 Å². The molecule has 0 saturated carbocycles. The van der Waals surface area contributed by atoms with Crippen LogP contribution in [0.1, 0.15) is 24.4 Å². The maximum absolute atomic E-state index is 13.8. The largest absolute Gasteiger partial charge is 0.461 e. The third-order valence-electron chi connectivity index (χ3n) is 3.20. The van der Waals surface area contributed by atoms with Gasteiger partial charge >= 0.3 is 0 Å². The summed E-state index contributed by atoms with van der Waals surface area (Å²) in [5, 5.41) is 7.31. The second-order valence-corrected chi connectivity index (χ2v) is 5.13. The molecule has 2 aromatic heterocycles. The maximum atomic E-state index is 13.8. The molecular weight excluding hydrogens is 309 g/mol. The van der Waals surface area contributed by atoms with Crippen LogP contribution in [0.2, 0.25) is 5.02 Å². The third-order valence-corrected chi connectivity index (χ3v) is 3.53. The van der Waals surface area contributed by atoms with E-state index in [0.29, 0.717) is 34.6 Å². The molecule has 7 heteroatoms. The number of aromatic nitrogens is 2. The highest BCUT2D eigenvalue weighted by atomic mass is 35.5. The molecule has 0 radical (unpaired) electrons. The molecule has 0 aliphatic carbocycles. The Hall–Kier alpha value is -2.18. The Bertz CT molecular complexity index is 738. The van der Waals surface area contributed by atoms with Crippen molar-refractivity contribution in [2.45, 2.75) is 19.5 Å². The zero-order valence-electron chi connectivity index (χ0n) is 11.7. The third kappa shape index (κ3) is 3.03. The van der Waals surface area contributed by atoms with E-state index in [1.807, 2.05) is 6.92 Å². The van der Waals surface area contributed by atoms with E-state index in [4.69, 9.17) is 20.5 Å². The lowest BCUT2D eigenvalue weighted by atomic mass is 10.1. The summed E-state index contributed by atoms with van der Waals surface area (Å²) in [5.41, 5.74) is 0.412. The second kappa shape index (κ2) is 6.29. The second-order valence-electron chi connectivity index (χ2n) is 4.73. The molecule has 1 atom stereocenters. The number of nitrogens with zero attached hydrogens (tertiary/aromatic N) is 2. The fourth-order valence-corrected chi connectivity index (χ4v) is 2.43. The lowest BCUT2D eigenvalue weighted by Gasteiger charge is -2.15. The van der Waals surface area contributed by atoms with Crippen molar-refractivity contribution in [3.05, 3.63) is 58.9 Å². The summed E-state index contributed by atoms with van der Waals surface area (Å²) in [7, 11) is 0. The molecule has 22 heavy (non-hydrogen) atoms. The van der Waals surface area contributed by atoms with Gasteiger partial charge in [-0.05, 0) is 31.2 Å². The Labute approximate surface area is 131 Å². The number of hydrogen-bond acceptors (Lipinski definition) is 5. The summed E-state index contributed by atoms with van der Waals surface area (Å²) in [5.74, 6) is 0.929. The van der Waals surface area contributed by atoms with E-state index in [1.54, 1.807) is 24.3 Å². The molecule has 0 amide bonds. The van der Waals surface area contributed by atoms with Crippen LogP contribution in [-0.4, -0.2) is 10.1 Å². The lowest BCUT2D eigenvalue weighted by molar-refractivity contribution is 0.358. The molecule has 0 fully saturated rings. The summed E-state index contributed by atoms with van der Waals surface area (Å²) < 4.78 is 24.1. The van der Waals surface area contributed by atoms with Gasteiger partial charge in [0.05, 0.1) is 12.8 Å². The van der Waals surface area contributed by atoms with Crippen molar-refractivity contribution in [1.29, 1.82) is 0 Å². The Morgan fingerprint density at radius 2 is 2.18 bits per heavy atom. The molecule has 0 spiro atoms. The van der Waals surface area contributed by atoms with Gasteiger partial charge in [0, 0.05) is 16.6 Å². The molecule has 114 valence electrons. The molecule has 0 bridgehead atoms. The molecule has 5 nitrogen and oxygen atoms in total. The zero-order valence-corrected chi connectivity index (χ0v) is 12.5. The van der Waals surface area contributed by atoms with E-state index in [2.05, 4.69) is 15.5 Å². The van der Waals surface area contributed by atoms with Gasteiger partial charge in [0.2, 0.25) is 11.7 Å². The molecule has 1 aromatic carbocycles. The molecule has 0 saturated heterocycles. The Kier molecular flexibility index (Phi) is 4.22. The number of halogens is 2. The average molecular weight is 322 g/mol. The average Bonchev–Trinajstić information content (AvgIpc) is 3.16. The highest BCUT2D eigenvalue weighted by Crippen LogP contribution is 2.25. The van der Waals surface area contributed by atoms with Crippen LogP contribution in [0.3, 0.4) is 0 Å². The van der Waals surface area contributed by atoms with Crippen molar-refractivity contribution in [1.82, 2.24) is 15.5 Å². The van der Waals surface area contributed by atoms with Gasteiger partial charge in [0.1, 0.15) is 5.82 Å². The minimum Gasteiger partial charge on any atom is -0.461 e. The predicted octanol–water partition coefficient (Wildman–Crippen LogP) is 3.97. The summed E-state index contributed by atoms with van der Waals surface area (Å²) in [4.78, 5) is 4.20. The first kappa shape index (κ1) is 14.7. The number of furan rings is 1. The van der Waals surface area contributed by atoms with Crippen LogP contribution < -0.4 is 5.32 Å².